The second-order valence-corrected chi connectivity index (χ2v) is 12.8. The Hall–Kier alpha value is -4.97. The Balaban J connectivity index is 1.52. The smallest absolute Gasteiger partial charge is 0.255 e. The number of fused-ring (bicyclic) bond motifs is 3. The van der Waals surface area contributed by atoms with Crippen LogP contribution in [0.4, 0.5) is 5.69 Å². The number of nitrogens with two attached hydrogens (primary N) is 1. The van der Waals surface area contributed by atoms with Crippen LogP contribution in [0.2, 0.25) is 0 Å². The molecule has 0 spiro atoms. The number of amides is 1. The van der Waals surface area contributed by atoms with Crippen molar-refractivity contribution in [1.82, 2.24) is 4.90 Å². The summed E-state index contributed by atoms with van der Waals surface area (Å²) >= 11 is 0. The van der Waals surface area contributed by atoms with Gasteiger partial charge < -0.3 is 36.2 Å². The Bertz CT molecular complexity index is 1800. The van der Waals surface area contributed by atoms with Crippen LogP contribution in [0.3, 0.4) is 0 Å². The fraction of sp³-hybridized carbons (Fsp3) is 0.306. The van der Waals surface area contributed by atoms with Crippen LogP contribution in [-0.4, -0.2) is 79.7 Å². The predicted molar refractivity (Wildman–Crippen MR) is 173 cm³/mol. The molecule has 3 aliphatic carbocycles. The highest BCUT2D eigenvalue weighted by Crippen LogP contribution is 2.56. The molecule has 11 heteroatoms. The van der Waals surface area contributed by atoms with Gasteiger partial charge in [0.25, 0.3) is 5.91 Å². The lowest BCUT2D eigenvalue weighted by Crippen LogP contribution is -2.68. The first-order chi connectivity index (χ1) is 22.3. The van der Waals surface area contributed by atoms with Crippen molar-refractivity contribution < 1.29 is 39.9 Å². The largest absolute Gasteiger partial charge is 0.510 e. The molecule has 0 unspecified atom stereocenters. The van der Waals surface area contributed by atoms with Gasteiger partial charge in [-0.3, -0.25) is 19.3 Å². The maximum atomic E-state index is 14.4. The molecule has 11 nitrogen and oxygen atoms in total. The molecule has 0 aromatic heterocycles. The van der Waals surface area contributed by atoms with Gasteiger partial charge in [-0.25, -0.2) is 0 Å². The molecule has 6 rings (SSSR count). The fourth-order valence-corrected chi connectivity index (χ4v) is 7.70. The number of aliphatic hydroxyl groups is 4. The SMILES string of the molecule is C[C@@H]1c2ccc(N(Cc3ccccc3)Cc3ccccc3)c(O)c2C(=O)C2=C(O)[C@]3(O)C(=O)C(C(N)=O)=C(O)[C@H](N(C)C)[C@H]3[C@H](O)[C@H]21. The minimum atomic E-state index is -2.97. The van der Waals surface area contributed by atoms with E-state index in [1.807, 2.05) is 65.6 Å². The lowest BCUT2D eigenvalue weighted by atomic mass is 9.55. The molecule has 0 fully saturated rings. The van der Waals surface area contributed by atoms with Gasteiger partial charge in [0, 0.05) is 24.6 Å². The zero-order chi connectivity index (χ0) is 33.9. The second-order valence-electron chi connectivity index (χ2n) is 12.8. The third-order valence-corrected chi connectivity index (χ3v) is 9.88. The standard InChI is InChI=1S/C36H37N3O8/c1-18-21-14-15-22(39(16-19-10-6-4-7-11-19)17-20-12-8-5-9-13-20)29(40)24(21)30(41)25-23(18)31(42)27-28(38(2)3)32(43)26(35(37)46)34(45)36(27,47)33(25)44/h4-15,18,23,27-28,31,40,42-44,47H,16-17H2,1-3H3,(H2,37,46)/t18-,23+,27+,28-,31-,36+/m1/s1. The predicted octanol–water partition coefficient (Wildman–Crippen LogP) is 2.86. The van der Waals surface area contributed by atoms with Gasteiger partial charge in [0.15, 0.2) is 11.4 Å². The number of aliphatic hydroxyl groups excluding tert-OH is 3. The number of nitrogens with zero attached hydrogens (tertiary/aromatic N) is 2. The van der Waals surface area contributed by atoms with Crippen molar-refractivity contribution in [3.8, 4) is 5.75 Å². The van der Waals surface area contributed by atoms with E-state index >= 15 is 0 Å². The van der Waals surface area contributed by atoms with E-state index in [0.29, 0.717) is 24.3 Å². The summed E-state index contributed by atoms with van der Waals surface area (Å²) in [6.45, 7) is 2.48. The molecule has 0 saturated heterocycles. The summed E-state index contributed by atoms with van der Waals surface area (Å²) in [5, 5.41) is 58.4. The minimum absolute atomic E-state index is 0.130. The third kappa shape index (κ3) is 4.81. The van der Waals surface area contributed by atoms with Crippen molar-refractivity contribution in [2.75, 3.05) is 19.0 Å². The zero-order valence-corrected chi connectivity index (χ0v) is 26.2. The molecule has 0 saturated carbocycles. The number of likely N-dealkylation sites (N-methyl/N-ethyl adjacent to an activating group) is 1. The number of primary amides is 1. The summed E-state index contributed by atoms with van der Waals surface area (Å²) in [4.78, 5) is 43.7. The van der Waals surface area contributed by atoms with Gasteiger partial charge >= 0.3 is 0 Å². The summed E-state index contributed by atoms with van der Waals surface area (Å²) in [5.41, 5.74) is 3.60. The first kappa shape index (κ1) is 32.0. The highest BCUT2D eigenvalue weighted by Gasteiger charge is 2.67. The van der Waals surface area contributed by atoms with Crippen molar-refractivity contribution >= 4 is 23.2 Å². The first-order valence-electron chi connectivity index (χ1n) is 15.3. The topological polar surface area (TPSA) is 185 Å². The summed E-state index contributed by atoms with van der Waals surface area (Å²) in [6, 6.07) is 21.3. The van der Waals surface area contributed by atoms with E-state index in [-0.39, 0.29) is 11.3 Å². The highest BCUT2D eigenvalue weighted by molar-refractivity contribution is 6.25. The van der Waals surface area contributed by atoms with Crippen LogP contribution >= 0.6 is 0 Å². The van der Waals surface area contributed by atoms with Gasteiger partial charge in [-0.1, -0.05) is 73.7 Å². The number of carbonyl (C=O) groups is 3. The average molecular weight is 640 g/mol. The zero-order valence-electron chi connectivity index (χ0n) is 26.2. The van der Waals surface area contributed by atoms with E-state index in [2.05, 4.69) is 0 Å². The molecule has 6 atom stereocenters. The number of anilines is 1. The molecule has 3 aromatic rings. The lowest BCUT2D eigenvalue weighted by molar-refractivity contribution is -0.162. The Labute approximate surface area is 271 Å². The van der Waals surface area contributed by atoms with Gasteiger partial charge in [0.05, 0.1) is 29.3 Å². The van der Waals surface area contributed by atoms with Crippen LogP contribution < -0.4 is 10.6 Å². The van der Waals surface area contributed by atoms with Crippen molar-refractivity contribution in [1.29, 1.82) is 0 Å². The third-order valence-electron chi connectivity index (χ3n) is 9.88. The molecule has 0 aliphatic heterocycles. The molecule has 3 aliphatic rings. The molecule has 47 heavy (non-hydrogen) atoms. The number of hydrogen-bond acceptors (Lipinski definition) is 10. The Morgan fingerprint density at radius 3 is 1.96 bits per heavy atom. The van der Waals surface area contributed by atoms with E-state index in [9.17, 15) is 39.9 Å². The maximum Gasteiger partial charge on any atom is 0.255 e. The normalized spacial score (nSPS) is 27.0. The van der Waals surface area contributed by atoms with Crippen LogP contribution in [-0.2, 0) is 22.7 Å². The Morgan fingerprint density at radius 1 is 0.894 bits per heavy atom. The van der Waals surface area contributed by atoms with E-state index < -0.39 is 75.6 Å². The van der Waals surface area contributed by atoms with Gasteiger partial charge in [0.2, 0.25) is 5.78 Å². The van der Waals surface area contributed by atoms with Crippen LogP contribution in [0.5, 0.6) is 5.75 Å². The lowest BCUT2D eigenvalue weighted by Gasteiger charge is -2.53. The highest BCUT2D eigenvalue weighted by atomic mass is 16.4. The van der Waals surface area contributed by atoms with Crippen LogP contribution in [0, 0.1) is 11.8 Å². The van der Waals surface area contributed by atoms with E-state index in [4.69, 9.17) is 5.73 Å². The molecular weight excluding hydrogens is 602 g/mol. The molecule has 0 heterocycles. The Morgan fingerprint density at radius 2 is 1.45 bits per heavy atom. The molecule has 0 bridgehead atoms. The summed E-state index contributed by atoms with van der Waals surface area (Å²) in [6.07, 6.45) is -1.65. The van der Waals surface area contributed by atoms with E-state index in [1.165, 1.54) is 19.0 Å². The average Bonchev–Trinajstić information content (AvgIpc) is 3.03. The summed E-state index contributed by atoms with van der Waals surface area (Å²) in [5.74, 6) is -9.18. The quantitative estimate of drug-likeness (QED) is 0.210. The molecule has 3 aromatic carbocycles. The molecule has 244 valence electrons. The maximum absolute atomic E-state index is 14.4. The molecular formula is C36H37N3O8. The fourth-order valence-electron chi connectivity index (χ4n) is 7.70. The van der Waals surface area contributed by atoms with Gasteiger partial charge in [-0.2, -0.15) is 0 Å². The van der Waals surface area contributed by atoms with Crippen molar-refractivity contribution in [3.05, 3.63) is 118 Å². The number of benzene rings is 3. The van der Waals surface area contributed by atoms with Crippen LogP contribution in [0.15, 0.2) is 95.5 Å². The number of carbonyl (C=O) groups excluding carboxylic acids is 3. The van der Waals surface area contributed by atoms with Gasteiger partial charge in [0.1, 0.15) is 22.8 Å². The van der Waals surface area contributed by atoms with Gasteiger partial charge in [-0.15, -0.1) is 0 Å². The van der Waals surface area contributed by atoms with Gasteiger partial charge in [-0.05, 0) is 42.8 Å². The monoisotopic (exact) mass is 639 g/mol. The number of hydrogen-bond donors (Lipinski definition) is 6. The van der Waals surface area contributed by atoms with Crippen molar-refractivity contribution in [2.45, 2.75) is 43.7 Å². The minimum Gasteiger partial charge on any atom is -0.510 e. The van der Waals surface area contributed by atoms with Crippen molar-refractivity contribution in [2.24, 2.45) is 17.6 Å². The second kappa shape index (κ2) is 11.7. The van der Waals surface area contributed by atoms with E-state index in [1.54, 1.807) is 19.1 Å². The number of phenols is 1. The number of Topliss-reactive ketones (excluding diaryl/α,β-unsaturated/α-hetero) is 2. The molecule has 1 amide bonds. The van der Waals surface area contributed by atoms with Crippen molar-refractivity contribution in [3.63, 3.8) is 0 Å². The Kier molecular flexibility index (Phi) is 7.95. The number of rotatable bonds is 7. The molecule has 0 radical (unpaired) electrons. The number of aromatic hydroxyl groups is 1. The number of phenolic OH excluding ortho intramolecular Hbond substituents is 1. The molecule has 7 N–H and O–H groups in total. The summed E-state index contributed by atoms with van der Waals surface area (Å²) in [7, 11) is 3.00. The van der Waals surface area contributed by atoms with Crippen LogP contribution in [0.25, 0.3) is 0 Å². The first-order valence-corrected chi connectivity index (χ1v) is 15.3. The van der Waals surface area contributed by atoms with Crippen LogP contribution in [0.1, 0.15) is 39.9 Å². The van der Waals surface area contributed by atoms with E-state index in [0.717, 1.165) is 11.1 Å². The summed E-state index contributed by atoms with van der Waals surface area (Å²) < 4.78 is 0. The number of ketones is 2.